The van der Waals surface area contributed by atoms with Crippen molar-refractivity contribution in [2.24, 2.45) is 0 Å². The molecule has 1 fully saturated rings. The molecule has 0 unspecified atom stereocenters. The molecule has 2 aromatic heterocycles. The number of fused-ring (bicyclic) bond motifs is 1. The Balaban J connectivity index is 1.79. The number of hydrogen-bond donors (Lipinski definition) is 0. The van der Waals surface area contributed by atoms with E-state index in [0.29, 0.717) is 22.3 Å². The molecule has 1 aliphatic carbocycles. The molecule has 0 atom stereocenters. The highest BCUT2D eigenvalue weighted by atomic mass is 35.5. The van der Waals surface area contributed by atoms with E-state index in [-0.39, 0.29) is 22.3 Å². The van der Waals surface area contributed by atoms with E-state index >= 15 is 8.78 Å². The quantitative estimate of drug-likeness (QED) is 0.284. The van der Waals surface area contributed by atoms with Crippen LogP contribution in [0.3, 0.4) is 0 Å². The highest BCUT2D eigenvalue weighted by Crippen LogP contribution is 2.51. The van der Waals surface area contributed by atoms with Gasteiger partial charge in [-0.1, -0.05) is 29.4 Å². The molecule has 32 heavy (non-hydrogen) atoms. The van der Waals surface area contributed by atoms with E-state index in [4.69, 9.17) is 11.6 Å². The summed E-state index contributed by atoms with van der Waals surface area (Å²) in [5.41, 5.74) is 2.07. The number of hydrogen-bond acceptors (Lipinski definition) is 3. The molecule has 0 aliphatic heterocycles. The Hall–Kier alpha value is -2.64. The van der Waals surface area contributed by atoms with Crippen LogP contribution in [0.15, 0.2) is 52.5 Å². The average molecular weight is 472 g/mol. The van der Waals surface area contributed by atoms with Gasteiger partial charge in [0.1, 0.15) is 5.82 Å². The summed E-state index contributed by atoms with van der Waals surface area (Å²) in [7, 11) is 0. The van der Waals surface area contributed by atoms with Gasteiger partial charge in [-0.25, -0.2) is 8.78 Å². The van der Waals surface area contributed by atoms with Gasteiger partial charge in [-0.3, -0.25) is 9.48 Å². The molecule has 1 saturated carbocycles. The minimum atomic E-state index is -0.555. The van der Waals surface area contributed by atoms with Crippen molar-refractivity contribution in [1.82, 2.24) is 14.3 Å². The van der Waals surface area contributed by atoms with Gasteiger partial charge in [-0.05, 0) is 51.0 Å². The molecule has 4 nitrogen and oxygen atoms in total. The van der Waals surface area contributed by atoms with Crippen LogP contribution in [0.25, 0.3) is 16.6 Å². The van der Waals surface area contributed by atoms with Crippen molar-refractivity contribution >= 4 is 40.0 Å². The molecule has 0 amide bonds. The maximum Gasteiger partial charge on any atom is 0.166 e. The van der Waals surface area contributed by atoms with Crippen LogP contribution in [-0.4, -0.2) is 20.1 Å². The molecule has 5 rings (SSSR count). The second-order valence-electron chi connectivity index (χ2n) is 7.91. The van der Waals surface area contributed by atoms with Gasteiger partial charge in [0.25, 0.3) is 0 Å². The lowest BCUT2D eigenvalue weighted by molar-refractivity contribution is 0.101. The minimum Gasteiger partial charge on any atom is -0.306 e. The molecule has 0 N–H and O–H groups in total. The van der Waals surface area contributed by atoms with E-state index < -0.39 is 11.6 Å². The van der Waals surface area contributed by atoms with E-state index in [1.165, 1.54) is 30.8 Å². The number of aryl methyl sites for hydroxylation is 1. The first-order chi connectivity index (χ1) is 15.4. The zero-order valence-electron chi connectivity index (χ0n) is 17.5. The largest absolute Gasteiger partial charge is 0.306 e. The number of benzene rings is 2. The van der Waals surface area contributed by atoms with Crippen molar-refractivity contribution in [2.75, 3.05) is 0 Å². The van der Waals surface area contributed by atoms with Crippen molar-refractivity contribution < 1.29 is 13.6 Å². The Morgan fingerprint density at radius 1 is 1.22 bits per heavy atom. The molecule has 0 spiro atoms. The van der Waals surface area contributed by atoms with Gasteiger partial charge in [0.15, 0.2) is 11.6 Å². The summed E-state index contributed by atoms with van der Waals surface area (Å²) in [4.78, 5) is 13.0. The Labute approximate surface area is 193 Å². The van der Waals surface area contributed by atoms with E-state index in [0.717, 1.165) is 29.1 Å². The zero-order chi connectivity index (χ0) is 22.6. The monoisotopic (exact) mass is 471 g/mol. The van der Waals surface area contributed by atoms with Gasteiger partial charge in [0.05, 0.1) is 28.0 Å². The molecular formula is C24H20ClF2N3OS. The van der Waals surface area contributed by atoms with Gasteiger partial charge in [-0.15, -0.1) is 0 Å². The van der Waals surface area contributed by atoms with Crippen LogP contribution in [-0.2, 0) is 6.54 Å². The van der Waals surface area contributed by atoms with Gasteiger partial charge >= 0.3 is 0 Å². The van der Waals surface area contributed by atoms with Gasteiger partial charge < -0.3 is 4.57 Å². The summed E-state index contributed by atoms with van der Waals surface area (Å²) >= 11 is 7.39. The smallest absolute Gasteiger partial charge is 0.166 e. The molecule has 2 aromatic carbocycles. The highest BCUT2D eigenvalue weighted by Gasteiger charge is 2.34. The van der Waals surface area contributed by atoms with Crippen LogP contribution in [0.5, 0.6) is 0 Å². The number of carbonyl (C=O) groups excluding carboxylic acids is 1. The summed E-state index contributed by atoms with van der Waals surface area (Å²) in [5, 5.41) is 5.06. The molecule has 2 heterocycles. The maximum absolute atomic E-state index is 15.4. The van der Waals surface area contributed by atoms with Crippen molar-refractivity contribution in [3.63, 3.8) is 0 Å². The first-order valence-electron chi connectivity index (χ1n) is 10.4. The summed E-state index contributed by atoms with van der Waals surface area (Å²) in [6.07, 6.45) is 5.52. The van der Waals surface area contributed by atoms with Crippen molar-refractivity contribution in [3.8, 4) is 5.69 Å². The van der Waals surface area contributed by atoms with E-state index in [9.17, 15) is 4.79 Å². The topological polar surface area (TPSA) is 39.8 Å². The third kappa shape index (κ3) is 3.44. The Morgan fingerprint density at radius 2 is 2.00 bits per heavy atom. The zero-order valence-corrected chi connectivity index (χ0v) is 19.1. The first-order valence-corrected chi connectivity index (χ1v) is 11.6. The van der Waals surface area contributed by atoms with Crippen LogP contribution < -0.4 is 0 Å². The standard InChI is InChI=1S/C24H20ClF2N3OS/c1-3-29-12-15(11-28-29)30-22(14-7-8-14)24(17-9-10-18(25)21(27)23(17)30)32-19-6-4-5-16(13(2)31)20(19)26/h4-6,9-12,14H,3,7-8H2,1-2H3. The van der Waals surface area contributed by atoms with E-state index in [1.54, 1.807) is 29.1 Å². The van der Waals surface area contributed by atoms with Gasteiger partial charge in [0, 0.05) is 39.5 Å². The predicted octanol–water partition coefficient (Wildman–Crippen LogP) is 7.01. The Morgan fingerprint density at radius 3 is 2.66 bits per heavy atom. The van der Waals surface area contributed by atoms with Crippen molar-refractivity contribution in [1.29, 1.82) is 0 Å². The van der Waals surface area contributed by atoms with E-state index in [2.05, 4.69) is 5.10 Å². The lowest BCUT2D eigenvalue weighted by Gasteiger charge is -2.11. The Kier molecular flexibility index (Phi) is 5.34. The first kappa shape index (κ1) is 21.2. The number of carbonyl (C=O) groups is 1. The lowest BCUT2D eigenvalue weighted by atomic mass is 10.1. The highest BCUT2D eigenvalue weighted by molar-refractivity contribution is 7.99. The SMILES string of the molecule is CCn1cc(-n2c(C3CC3)c(Sc3cccc(C(C)=O)c3F)c3ccc(Cl)c(F)c32)cn1. The maximum atomic E-state index is 15.4. The number of ketones is 1. The minimum absolute atomic E-state index is 0.0304. The second kappa shape index (κ2) is 8.05. The molecule has 8 heteroatoms. The number of aromatic nitrogens is 3. The third-order valence-electron chi connectivity index (χ3n) is 5.73. The fourth-order valence-electron chi connectivity index (χ4n) is 4.01. The fraction of sp³-hybridized carbons (Fsp3) is 0.250. The molecule has 0 radical (unpaired) electrons. The van der Waals surface area contributed by atoms with Gasteiger partial charge in [0.2, 0.25) is 0 Å². The van der Waals surface area contributed by atoms with Crippen molar-refractivity contribution in [3.05, 3.63) is 70.6 Å². The number of nitrogens with zero attached hydrogens (tertiary/aromatic N) is 3. The molecule has 0 saturated heterocycles. The molecule has 164 valence electrons. The van der Waals surface area contributed by atoms with Crippen LogP contribution in [0, 0.1) is 11.6 Å². The second-order valence-corrected chi connectivity index (χ2v) is 9.37. The molecule has 0 bridgehead atoms. The average Bonchev–Trinajstić information content (AvgIpc) is 3.40. The normalized spacial score (nSPS) is 13.8. The molecule has 4 aromatic rings. The third-order valence-corrected chi connectivity index (χ3v) is 7.19. The predicted molar refractivity (Wildman–Crippen MR) is 122 cm³/mol. The van der Waals surface area contributed by atoms with Crippen LogP contribution in [0.2, 0.25) is 5.02 Å². The lowest BCUT2D eigenvalue weighted by Crippen LogP contribution is -2.01. The van der Waals surface area contributed by atoms with Crippen LogP contribution >= 0.6 is 23.4 Å². The fourth-order valence-corrected chi connectivity index (χ4v) is 5.37. The van der Waals surface area contributed by atoms with Gasteiger partial charge in [-0.2, -0.15) is 5.10 Å². The van der Waals surface area contributed by atoms with E-state index in [1.807, 2.05) is 17.7 Å². The summed E-state index contributed by atoms with van der Waals surface area (Å²) in [6.45, 7) is 4.01. The summed E-state index contributed by atoms with van der Waals surface area (Å²) in [5.74, 6) is -1.17. The summed E-state index contributed by atoms with van der Waals surface area (Å²) in [6, 6.07) is 8.10. The van der Waals surface area contributed by atoms with Crippen LogP contribution in [0.1, 0.15) is 48.7 Å². The molecular weight excluding hydrogens is 452 g/mol. The van der Waals surface area contributed by atoms with Crippen molar-refractivity contribution in [2.45, 2.75) is 48.9 Å². The number of halogens is 3. The molecule has 1 aliphatic rings. The number of rotatable bonds is 6. The van der Waals surface area contributed by atoms with Crippen LogP contribution in [0.4, 0.5) is 8.78 Å². The Bertz CT molecular complexity index is 1370. The number of Topliss-reactive ketones (excluding diaryl/α,β-unsaturated/α-hetero) is 1. The summed E-state index contributed by atoms with van der Waals surface area (Å²) < 4.78 is 34.2.